The van der Waals surface area contributed by atoms with Crippen molar-refractivity contribution in [3.8, 4) is 17.2 Å². The molecule has 4 rings (SSSR count). The summed E-state index contributed by atoms with van der Waals surface area (Å²) in [7, 11) is 1.68. The maximum atomic E-state index is 11.5. The lowest BCUT2D eigenvalue weighted by Gasteiger charge is -2.40. The Balaban J connectivity index is 1.46. The lowest BCUT2D eigenvalue weighted by Crippen LogP contribution is -2.49. The van der Waals surface area contributed by atoms with E-state index >= 15 is 0 Å². The number of hydrogen-bond donors (Lipinski definition) is 1. The van der Waals surface area contributed by atoms with Gasteiger partial charge >= 0.3 is 0 Å². The van der Waals surface area contributed by atoms with Gasteiger partial charge in [0.1, 0.15) is 5.75 Å². The molecule has 1 atom stereocenters. The number of rotatable bonds is 6. The minimum absolute atomic E-state index is 0.0207. The van der Waals surface area contributed by atoms with E-state index in [2.05, 4.69) is 33.3 Å². The van der Waals surface area contributed by atoms with E-state index in [9.17, 15) is 4.79 Å². The molecule has 1 amide bonds. The predicted octanol–water partition coefficient (Wildman–Crippen LogP) is 2.42. The van der Waals surface area contributed by atoms with Crippen molar-refractivity contribution in [1.29, 1.82) is 0 Å². The average molecular weight is 397 g/mol. The first-order valence-corrected chi connectivity index (χ1v) is 9.91. The summed E-state index contributed by atoms with van der Waals surface area (Å²) in [5.74, 6) is 2.39. The van der Waals surface area contributed by atoms with Crippen LogP contribution in [0.4, 0.5) is 5.69 Å². The molecular formula is C22H27N3O4. The number of nitrogens with zero attached hydrogens (tertiary/aromatic N) is 2. The second-order valence-corrected chi connectivity index (χ2v) is 7.29. The van der Waals surface area contributed by atoms with Gasteiger partial charge in [-0.15, -0.1) is 0 Å². The molecular weight excluding hydrogens is 370 g/mol. The molecule has 0 spiro atoms. The summed E-state index contributed by atoms with van der Waals surface area (Å²) in [6.45, 7) is 6.04. The van der Waals surface area contributed by atoms with Crippen LogP contribution in [0.2, 0.25) is 0 Å². The van der Waals surface area contributed by atoms with Gasteiger partial charge in [0, 0.05) is 45.3 Å². The smallest absolute Gasteiger partial charge is 0.231 e. The Morgan fingerprint density at radius 2 is 1.79 bits per heavy atom. The molecule has 7 nitrogen and oxygen atoms in total. The van der Waals surface area contributed by atoms with Gasteiger partial charge in [0.25, 0.3) is 0 Å². The number of hydrogen-bond acceptors (Lipinski definition) is 6. The van der Waals surface area contributed by atoms with Crippen molar-refractivity contribution in [3.05, 3.63) is 48.0 Å². The molecule has 154 valence electrons. The lowest BCUT2D eigenvalue weighted by molar-refractivity contribution is -0.119. The van der Waals surface area contributed by atoms with E-state index in [0.29, 0.717) is 6.54 Å². The molecule has 2 aromatic rings. The molecule has 1 fully saturated rings. The molecule has 0 aromatic heterocycles. The molecule has 2 heterocycles. The van der Waals surface area contributed by atoms with E-state index in [0.717, 1.165) is 49.0 Å². The first-order valence-electron chi connectivity index (χ1n) is 9.91. The van der Waals surface area contributed by atoms with Crippen LogP contribution < -0.4 is 24.4 Å². The summed E-state index contributed by atoms with van der Waals surface area (Å²) in [5.41, 5.74) is 2.33. The number of anilines is 1. The molecule has 29 heavy (non-hydrogen) atoms. The van der Waals surface area contributed by atoms with Crippen LogP contribution >= 0.6 is 0 Å². The van der Waals surface area contributed by atoms with E-state index in [4.69, 9.17) is 14.2 Å². The van der Waals surface area contributed by atoms with Gasteiger partial charge in [0.15, 0.2) is 11.5 Å². The minimum Gasteiger partial charge on any atom is -0.497 e. The average Bonchev–Trinajstić information content (AvgIpc) is 3.22. The second kappa shape index (κ2) is 8.61. The molecule has 7 heteroatoms. The number of nitrogens with one attached hydrogen (secondary N) is 1. The third-order valence-electron chi connectivity index (χ3n) is 5.52. The maximum absolute atomic E-state index is 11.5. The Morgan fingerprint density at radius 1 is 1.07 bits per heavy atom. The first-order chi connectivity index (χ1) is 14.1. The third kappa shape index (κ3) is 4.40. The maximum Gasteiger partial charge on any atom is 0.231 e. The highest BCUT2D eigenvalue weighted by atomic mass is 16.7. The number of carbonyl (C=O) groups is 1. The molecule has 0 radical (unpaired) electrons. The summed E-state index contributed by atoms with van der Waals surface area (Å²) < 4.78 is 16.2. The number of piperazine rings is 1. The Morgan fingerprint density at radius 3 is 2.48 bits per heavy atom. The van der Waals surface area contributed by atoms with E-state index in [-0.39, 0.29) is 18.7 Å². The molecule has 0 bridgehead atoms. The first kappa shape index (κ1) is 19.4. The molecule has 2 aromatic carbocycles. The molecule has 1 saturated heterocycles. The van der Waals surface area contributed by atoms with Gasteiger partial charge in [-0.3, -0.25) is 9.69 Å². The van der Waals surface area contributed by atoms with E-state index in [1.807, 2.05) is 24.3 Å². The molecule has 2 aliphatic heterocycles. The van der Waals surface area contributed by atoms with Crippen molar-refractivity contribution < 1.29 is 19.0 Å². The molecule has 0 saturated carbocycles. The lowest BCUT2D eigenvalue weighted by atomic mass is 10.0. The predicted molar refractivity (Wildman–Crippen MR) is 111 cm³/mol. The number of benzene rings is 2. The molecule has 2 aliphatic rings. The number of carbonyl (C=O) groups excluding carboxylic acids is 1. The summed E-state index contributed by atoms with van der Waals surface area (Å²) >= 11 is 0. The van der Waals surface area contributed by atoms with Gasteiger partial charge in [0.2, 0.25) is 12.7 Å². The van der Waals surface area contributed by atoms with Crippen LogP contribution in [0.3, 0.4) is 0 Å². The normalized spacial score (nSPS) is 17.1. The van der Waals surface area contributed by atoms with Gasteiger partial charge in [-0.2, -0.15) is 0 Å². The zero-order valence-electron chi connectivity index (χ0n) is 16.9. The molecule has 1 N–H and O–H groups in total. The minimum atomic E-state index is -0.0207. The Hall–Kier alpha value is -2.93. The van der Waals surface area contributed by atoms with Crippen molar-refractivity contribution in [2.45, 2.75) is 13.0 Å². The highest BCUT2D eigenvalue weighted by Crippen LogP contribution is 2.35. The van der Waals surface area contributed by atoms with Crippen molar-refractivity contribution in [2.75, 3.05) is 51.5 Å². The van der Waals surface area contributed by atoms with Crippen LogP contribution in [0, 0.1) is 0 Å². The van der Waals surface area contributed by atoms with Gasteiger partial charge in [-0.05, 0) is 42.0 Å². The van der Waals surface area contributed by atoms with Crippen LogP contribution in [-0.4, -0.2) is 57.4 Å². The van der Waals surface area contributed by atoms with Crippen LogP contribution in [0.5, 0.6) is 17.2 Å². The van der Waals surface area contributed by atoms with E-state index in [1.165, 1.54) is 5.69 Å². The fraction of sp³-hybridized carbons (Fsp3) is 0.409. The highest BCUT2D eigenvalue weighted by Gasteiger charge is 2.27. The standard InChI is InChI=1S/C22H27N3O4/c1-16(26)23-14-20(17-3-8-21-22(13-17)29-15-28-21)25-11-9-24(10-12-25)18-4-6-19(27-2)7-5-18/h3-8,13,20H,9-12,14-15H2,1-2H3,(H,23,26)/t20-/m0/s1. The zero-order valence-corrected chi connectivity index (χ0v) is 16.9. The highest BCUT2D eigenvalue weighted by molar-refractivity contribution is 5.72. The van der Waals surface area contributed by atoms with E-state index < -0.39 is 0 Å². The Kier molecular flexibility index (Phi) is 5.76. The summed E-state index contributed by atoms with van der Waals surface area (Å²) in [4.78, 5) is 16.4. The van der Waals surface area contributed by atoms with E-state index in [1.54, 1.807) is 14.0 Å². The second-order valence-electron chi connectivity index (χ2n) is 7.29. The van der Waals surface area contributed by atoms with Crippen LogP contribution in [-0.2, 0) is 4.79 Å². The van der Waals surface area contributed by atoms with Crippen LogP contribution in [0.25, 0.3) is 0 Å². The van der Waals surface area contributed by atoms with Crippen molar-refractivity contribution in [3.63, 3.8) is 0 Å². The number of amides is 1. The quantitative estimate of drug-likeness (QED) is 0.808. The van der Waals surface area contributed by atoms with Crippen molar-refractivity contribution in [1.82, 2.24) is 10.2 Å². The largest absolute Gasteiger partial charge is 0.497 e. The van der Waals surface area contributed by atoms with Crippen molar-refractivity contribution >= 4 is 11.6 Å². The summed E-state index contributed by atoms with van der Waals surface area (Å²) in [5, 5.41) is 2.98. The van der Waals surface area contributed by atoms with Gasteiger partial charge in [-0.25, -0.2) is 0 Å². The SMILES string of the molecule is COc1ccc(N2CCN([C@@H](CNC(C)=O)c3ccc4c(c3)OCO4)CC2)cc1. The van der Waals surface area contributed by atoms with Crippen LogP contribution in [0.15, 0.2) is 42.5 Å². The Bertz CT molecular complexity index is 848. The molecule has 0 unspecified atom stereocenters. The zero-order chi connectivity index (χ0) is 20.2. The van der Waals surface area contributed by atoms with Crippen LogP contribution in [0.1, 0.15) is 18.5 Å². The molecule has 0 aliphatic carbocycles. The number of methoxy groups -OCH3 is 1. The van der Waals surface area contributed by atoms with Gasteiger partial charge in [0.05, 0.1) is 13.2 Å². The fourth-order valence-electron chi connectivity index (χ4n) is 3.90. The number of ether oxygens (including phenoxy) is 3. The fourth-order valence-corrected chi connectivity index (χ4v) is 3.90. The van der Waals surface area contributed by atoms with Gasteiger partial charge in [-0.1, -0.05) is 6.07 Å². The van der Waals surface area contributed by atoms with Gasteiger partial charge < -0.3 is 24.4 Å². The van der Waals surface area contributed by atoms with Crippen molar-refractivity contribution in [2.24, 2.45) is 0 Å². The third-order valence-corrected chi connectivity index (χ3v) is 5.52. The summed E-state index contributed by atoms with van der Waals surface area (Å²) in [6, 6.07) is 14.3. The monoisotopic (exact) mass is 397 g/mol. The number of fused-ring (bicyclic) bond motifs is 1. The summed E-state index contributed by atoms with van der Waals surface area (Å²) in [6.07, 6.45) is 0. The topological polar surface area (TPSA) is 63.3 Å². The Labute approximate surface area is 171 Å².